The molecule has 246 valence electrons. The van der Waals surface area contributed by atoms with E-state index in [4.69, 9.17) is 0 Å². The van der Waals surface area contributed by atoms with Gasteiger partial charge in [-0.25, -0.2) is 0 Å². The van der Waals surface area contributed by atoms with Gasteiger partial charge in [0.25, 0.3) is 0 Å². The highest BCUT2D eigenvalue weighted by Crippen LogP contribution is 2.31. The third kappa shape index (κ3) is 9.88. The summed E-state index contributed by atoms with van der Waals surface area (Å²) in [6.07, 6.45) is 0.918. The van der Waals surface area contributed by atoms with Crippen LogP contribution < -0.4 is 37.2 Å². The molecule has 1 aliphatic rings. The van der Waals surface area contributed by atoms with E-state index in [2.05, 4.69) is 37.2 Å². The first-order valence-electron chi connectivity index (χ1n) is 15.0. The summed E-state index contributed by atoms with van der Waals surface area (Å²) in [6, 6.07) is 6.28. The van der Waals surface area contributed by atoms with Crippen molar-refractivity contribution in [2.75, 3.05) is 47.4 Å². The van der Waals surface area contributed by atoms with Crippen LogP contribution in [0, 0.1) is 0 Å². The van der Waals surface area contributed by atoms with Gasteiger partial charge < -0.3 is 52.5 Å². The Labute approximate surface area is 262 Å². The van der Waals surface area contributed by atoms with Crippen LogP contribution in [0.1, 0.15) is 24.0 Å². The van der Waals surface area contributed by atoms with E-state index in [1.807, 2.05) is 0 Å². The highest BCUT2D eigenvalue weighted by Gasteiger charge is 2.30. The normalized spacial score (nSPS) is 19.3. The van der Waals surface area contributed by atoms with Crippen molar-refractivity contribution in [1.82, 2.24) is 37.2 Å². The number of phenolic OH excluding ortho intramolecular Hbond substituents is 2. The number of benzene rings is 2. The molecule has 0 radical (unpaired) electrons. The van der Waals surface area contributed by atoms with Gasteiger partial charge >= 0.3 is 0 Å². The lowest BCUT2D eigenvalue weighted by Crippen LogP contribution is -2.57. The van der Waals surface area contributed by atoms with Gasteiger partial charge in [0.2, 0.25) is 23.6 Å². The number of aromatic hydroxyl groups is 2. The zero-order chi connectivity index (χ0) is 32.9. The largest absolute Gasteiger partial charge is 0.508 e. The number of rotatable bonds is 12. The van der Waals surface area contributed by atoms with Crippen molar-refractivity contribution >= 4 is 23.6 Å². The number of hydrogen-bond donors (Lipinski definition) is 10. The number of nitrogens with one attached hydrogen (secondary N) is 7. The summed E-state index contributed by atoms with van der Waals surface area (Å²) in [5.74, 6) is -2.06. The molecule has 10 N–H and O–H groups in total. The molecule has 14 heteroatoms. The minimum Gasteiger partial charge on any atom is -0.508 e. The van der Waals surface area contributed by atoms with Gasteiger partial charge in [0.05, 0.1) is 12.6 Å². The van der Waals surface area contributed by atoms with Crippen LogP contribution in [0.15, 0.2) is 36.4 Å². The van der Waals surface area contributed by atoms with Gasteiger partial charge in [-0.05, 0) is 87.0 Å². The summed E-state index contributed by atoms with van der Waals surface area (Å²) in [5, 5.41) is 50.2. The van der Waals surface area contributed by atoms with Crippen LogP contribution >= 0.6 is 0 Å². The smallest absolute Gasteiger partial charge is 0.243 e. The van der Waals surface area contributed by atoms with Crippen LogP contribution in [-0.4, -0.2) is 110 Å². The summed E-state index contributed by atoms with van der Waals surface area (Å²) in [7, 11) is 4.93. The Morgan fingerprint density at radius 2 is 1.49 bits per heavy atom. The van der Waals surface area contributed by atoms with E-state index in [0.717, 1.165) is 5.56 Å². The molecule has 0 unspecified atom stereocenters. The maximum absolute atomic E-state index is 13.6. The Morgan fingerprint density at radius 1 is 0.867 bits per heavy atom. The number of aliphatic hydroxyl groups is 1. The fourth-order valence-corrected chi connectivity index (χ4v) is 5.05. The number of amides is 4. The van der Waals surface area contributed by atoms with Crippen molar-refractivity contribution in [3.8, 4) is 22.6 Å². The average molecular weight is 628 g/mol. The molecular weight excluding hydrogens is 582 g/mol. The number of phenols is 2. The fraction of sp³-hybridized carbons (Fsp3) is 0.484. The number of fused-ring (bicyclic) bond motifs is 5. The molecule has 4 atom stereocenters. The minimum atomic E-state index is -1.14. The summed E-state index contributed by atoms with van der Waals surface area (Å²) in [5.41, 5.74) is 2.34. The molecule has 2 aromatic rings. The molecule has 4 bridgehead atoms. The molecule has 2 aromatic carbocycles. The molecule has 0 saturated carbocycles. The van der Waals surface area contributed by atoms with E-state index in [0.29, 0.717) is 29.7 Å². The van der Waals surface area contributed by atoms with Gasteiger partial charge in [-0.2, -0.15) is 0 Å². The molecule has 14 nitrogen and oxygen atoms in total. The molecule has 0 saturated heterocycles. The SMILES string of the molecule is CNCCC[C@@H]1NC(=O)[C@@H](NC)Cc2cc(ccc2O)-c2ccc(O)c(c2)C[C@@H](C(=O)NCCNC(=O)[C@H](CO)NC)NC1=O. The third-order valence-corrected chi connectivity index (χ3v) is 7.76. The Bertz CT molecular complexity index is 1340. The van der Waals surface area contributed by atoms with Crippen LogP contribution in [0.4, 0.5) is 0 Å². The quantitative estimate of drug-likeness (QED) is 0.120. The monoisotopic (exact) mass is 627 g/mol. The predicted octanol–water partition coefficient (Wildman–Crippen LogP) is -1.77. The summed E-state index contributed by atoms with van der Waals surface area (Å²) in [6.45, 7) is 0.309. The number of likely N-dealkylation sites (N-methyl/N-ethyl adjacent to an activating group) is 2. The van der Waals surface area contributed by atoms with Crippen LogP contribution in [-0.2, 0) is 32.0 Å². The molecule has 0 fully saturated rings. The standard InChI is InChI=1S/C31H45N7O7/c1-32-10-4-5-22-30(44)38-24(28(42)35-11-12-36-29(43)25(17-39)34-3)16-21-14-19(7-9-27(21)41)18-6-8-26(40)20(13-18)15-23(33-2)31(45)37-22/h6-9,13-14,22-25,32-34,39-41H,4-5,10-12,15-17H2,1-3H3,(H,35,42)(H,36,43)(H,37,45)(H,38,44)/t22-,23-,24-,25-/m0/s1. The lowest BCUT2D eigenvalue weighted by atomic mass is 9.95. The van der Waals surface area contributed by atoms with Gasteiger partial charge in [-0.1, -0.05) is 12.1 Å². The second-order valence-corrected chi connectivity index (χ2v) is 10.9. The molecular formula is C31H45N7O7. The Morgan fingerprint density at radius 3 is 2.07 bits per heavy atom. The molecule has 4 amide bonds. The number of aliphatic hydroxyl groups excluding tert-OH is 1. The topological polar surface area (TPSA) is 213 Å². The first-order valence-corrected chi connectivity index (χ1v) is 15.0. The van der Waals surface area contributed by atoms with Gasteiger partial charge in [0, 0.05) is 25.9 Å². The first-order chi connectivity index (χ1) is 21.6. The summed E-state index contributed by atoms with van der Waals surface area (Å²) in [4.78, 5) is 52.6. The van der Waals surface area contributed by atoms with Crippen molar-refractivity contribution in [2.24, 2.45) is 0 Å². The van der Waals surface area contributed by atoms with E-state index < -0.39 is 54.4 Å². The Kier molecular flexibility index (Phi) is 13.5. The second kappa shape index (κ2) is 17.3. The molecule has 3 rings (SSSR count). The van der Waals surface area contributed by atoms with Crippen molar-refractivity contribution in [3.63, 3.8) is 0 Å². The van der Waals surface area contributed by atoms with Crippen molar-refractivity contribution in [2.45, 2.75) is 49.9 Å². The van der Waals surface area contributed by atoms with Gasteiger partial charge in [0.1, 0.15) is 29.6 Å². The fourth-order valence-electron chi connectivity index (χ4n) is 5.05. The molecule has 1 heterocycles. The van der Waals surface area contributed by atoms with Crippen LogP contribution in [0.3, 0.4) is 0 Å². The molecule has 0 spiro atoms. The van der Waals surface area contributed by atoms with E-state index in [1.165, 1.54) is 6.07 Å². The lowest BCUT2D eigenvalue weighted by molar-refractivity contribution is -0.132. The van der Waals surface area contributed by atoms with E-state index in [1.54, 1.807) is 51.5 Å². The Hall–Kier alpha value is -4.24. The highest BCUT2D eigenvalue weighted by molar-refractivity contribution is 5.93. The highest BCUT2D eigenvalue weighted by atomic mass is 16.3. The molecule has 0 aliphatic carbocycles. The van der Waals surface area contributed by atoms with E-state index in [9.17, 15) is 34.5 Å². The molecule has 45 heavy (non-hydrogen) atoms. The maximum Gasteiger partial charge on any atom is 0.243 e. The third-order valence-electron chi connectivity index (χ3n) is 7.76. The summed E-state index contributed by atoms with van der Waals surface area (Å²) >= 11 is 0. The van der Waals surface area contributed by atoms with E-state index in [-0.39, 0.29) is 43.9 Å². The van der Waals surface area contributed by atoms with Crippen molar-refractivity contribution in [1.29, 1.82) is 0 Å². The first kappa shape index (κ1) is 35.2. The van der Waals surface area contributed by atoms with Crippen LogP contribution in [0.2, 0.25) is 0 Å². The van der Waals surface area contributed by atoms with Gasteiger partial charge in [-0.3, -0.25) is 19.2 Å². The van der Waals surface area contributed by atoms with Crippen LogP contribution in [0.25, 0.3) is 11.1 Å². The zero-order valence-corrected chi connectivity index (χ0v) is 25.9. The Balaban J connectivity index is 1.95. The number of carbonyl (C=O) groups excluding carboxylic acids is 4. The summed E-state index contributed by atoms with van der Waals surface area (Å²) < 4.78 is 0. The molecule has 1 aliphatic heterocycles. The van der Waals surface area contributed by atoms with Crippen molar-refractivity contribution < 1.29 is 34.5 Å². The molecule has 0 aromatic heterocycles. The minimum absolute atomic E-state index is 0.0178. The van der Waals surface area contributed by atoms with Crippen LogP contribution in [0.5, 0.6) is 11.5 Å². The van der Waals surface area contributed by atoms with Crippen molar-refractivity contribution in [3.05, 3.63) is 47.5 Å². The number of hydrogen-bond acceptors (Lipinski definition) is 10. The maximum atomic E-state index is 13.6. The predicted molar refractivity (Wildman–Crippen MR) is 168 cm³/mol. The van der Waals surface area contributed by atoms with Gasteiger partial charge in [0.15, 0.2) is 0 Å². The average Bonchev–Trinajstić information content (AvgIpc) is 3.03. The van der Waals surface area contributed by atoms with E-state index >= 15 is 0 Å². The van der Waals surface area contributed by atoms with Gasteiger partial charge in [-0.15, -0.1) is 0 Å². The zero-order valence-electron chi connectivity index (χ0n) is 25.9. The second-order valence-electron chi connectivity index (χ2n) is 10.9. The lowest BCUT2D eigenvalue weighted by Gasteiger charge is -2.25. The number of carbonyl (C=O) groups is 4.